The number of hydrogen-bond donors (Lipinski definition) is 1. The fourth-order valence-corrected chi connectivity index (χ4v) is 3.82. The summed E-state index contributed by atoms with van der Waals surface area (Å²) in [4.78, 5) is 41.4. The van der Waals surface area contributed by atoms with Crippen molar-refractivity contribution in [3.05, 3.63) is 39.6 Å². The standard InChI is InChI=1S/C15H13N3O4S2/c1-16-11(19)6-22-12(20)5-18-8-17-14-13(15(18)21)9(7-24-14)10-3-2-4-23-10/h2-4,7-8H,5-6H2,1H3,(H,16,19). The summed E-state index contributed by atoms with van der Waals surface area (Å²) in [6.45, 7) is -0.669. The van der Waals surface area contributed by atoms with E-state index in [1.54, 1.807) is 0 Å². The summed E-state index contributed by atoms with van der Waals surface area (Å²) in [5.74, 6) is -1.09. The van der Waals surface area contributed by atoms with Gasteiger partial charge in [-0.3, -0.25) is 19.0 Å². The van der Waals surface area contributed by atoms with Crippen molar-refractivity contribution in [3.8, 4) is 10.4 Å². The Hall–Kier alpha value is -2.52. The van der Waals surface area contributed by atoms with E-state index in [1.165, 1.54) is 40.6 Å². The lowest BCUT2D eigenvalue weighted by Gasteiger charge is -2.06. The summed E-state index contributed by atoms with van der Waals surface area (Å²) in [6.07, 6.45) is 1.32. The van der Waals surface area contributed by atoms with Crippen LogP contribution in [0, 0.1) is 0 Å². The smallest absolute Gasteiger partial charge is 0.326 e. The average molecular weight is 363 g/mol. The first-order valence-corrected chi connectivity index (χ1v) is 8.73. The van der Waals surface area contributed by atoms with E-state index >= 15 is 0 Å². The summed E-state index contributed by atoms with van der Waals surface area (Å²) < 4.78 is 6.01. The zero-order chi connectivity index (χ0) is 17.1. The number of nitrogens with zero attached hydrogens (tertiary/aromatic N) is 2. The van der Waals surface area contributed by atoms with Gasteiger partial charge in [0.15, 0.2) is 6.61 Å². The molecule has 3 rings (SSSR count). The molecule has 3 aromatic rings. The Morgan fingerprint density at radius 1 is 1.38 bits per heavy atom. The van der Waals surface area contributed by atoms with Crippen molar-refractivity contribution in [2.75, 3.05) is 13.7 Å². The van der Waals surface area contributed by atoms with Gasteiger partial charge in [0.05, 0.1) is 11.7 Å². The van der Waals surface area contributed by atoms with Gasteiger partial charge in [-0.2, -0.15) is 0 Å². The summed E-state index contributed by atoms with van der Waals surface area (Å²) in [7, 11) is 1.45. The molecule has 1 N–H and O–H groups in total. The van der Waals surface area contributed by atoms with E-state index in [0.717, 1.165) is 10.4 Å². The number of amides is 1. The van der Waals surface area contributed by atoms with Gasteiger partial charge in [0.2, 0.25) is 0 Å². The maximum absolute atomic E-state index is 12.7. The van der Waals surface area contributed by atoms with E-state index < -0.39 is 11.9 Å². The number of nitrogens with one attached hydrogen (secondary N) is 1. The number of thiophene rings is 2. The van der Waals surface area contributed by atoms with Crippen LogP contribution in [0.25, 0.3) is 20.7 Å². The van der Waals surface area contributed by atoms with Crippen molar-refractivity contribution >= 4 is 44.8 Å². The van der Waals surface area contributed by atoms with Gasteiger partial charge in [-0.25, -0.2) is 4.98 Å². The SMILES string of the molecule is CNC(=O)COC(=O)Cn1cnc2scc(-c3cccs3)c2c1=O. The third-order valence-corrected chi connectivity index (χ3v) is 5.08. The first kappa shape index (κ1) is 16.3. The maximum Gasteiger partial charge on any atom is 0.326 e. The molecule has 0 aliphatic carbocycles. The average Bonchev–Trinajstić information content (AvgIpc) is 3.24. The molecule has 3 aromatic heterocycles. The lowest BCUT2D eigenvalue weighted by molar-refractivity contribution is -0.149. The second-order valence-corrected chi connectivity index (χ2v) is 6.62. The number of esters is 1. The van der Waals surface area contributed by atoms with Crippen LogP contribution in [0.4, 0.5) is 0 Å². The van der Waals surface area contributed by atoms with Crippen molar-refractivity contribution < 1.29 is 14.3 Å². The Morgan fingerprint density at radius 3 is 2.92 bits per heavy atom. The van der Waals surface area contributed by atoms with E-state index in [1.807, 2.05) is 22.9 Å². The van der Waals surface area contributed by atoms with Gasteiger partial charge in [-0.15, -0.1) is 22.7 Å². The molecular formula is C15H13N3O4S2. The molecular weight excluding hydrogens is 350 g/mol. The van der Waals surface area contributed by atoms with E-state index in [-0.39, 0.29) is 18.7 Å². The topological polar surface area (TPSA) is 90.3 Å². The highest BCUT2D eigenvalue weighted by atomic mass is 32.1. The number of likely N-dealkylation sites (N-methyl/N-ethyl adjacent to an activating group) is 1. The van der Waals surface area contributed by atoms with Crippen molar-refractivity contribution in [2.24, 2.45) is 0 Å². The molecule has 0 fully saturated rings. The summed E-state index contributed by atoms with van der Waals surface area (Å²) in [5, 5.41) is 6.66. The summed E-state index contributed by atoms with van der Waals surface area (Å²) in [6, 6.07) is 3.84. The first-order chi connectivity index (χ1) is 11.6. The number of hydrogen-bond acceptors (Lipinski definition) is 7. The highest BCUT2D eigenvalue weighted by Gasteiger charge is 2.16. The minimum absolute atomic E-state index is 0.293. The Balaban J connectivity index is 1.89. The first-order valence-electron chi connectivity index (χ1n) is 6.97. The number of aromatic nitrogens is 2. The molecule has 1 amide bonds. The van der Waals surface area contributed by atoms with E-state index in [4.69, 9.17) is 4.74 Å². The number of carbonyl (C=O) groups excluding carboxylic acids is 2. The van der Waals surface area contributed by atoms with Gasteiger partial charge in [0.1, 0.15) is 11.4 Å². The van der Waals surface area contributed by atoms with Crippen LogP contribution in [0.3, 0.4) is 0 Å². The molecule has 0 saturated carbocycles. The van der Waals surface area contributed by atoms with Crippen LogP contribution in [0.2, 0.25) is 0 Å². The molecule has 0 bridgehead atoms. The second-order valence-electron chi connectivity index (χ2n) is 4.82. The maximum atomic E-state index is 12.7. The summed E-state index contributed by atoms with van der Waals surface area (Å²) >= 11 is 2.92. The van der Waals surface area contributed by atoms with E-state index in [0.29, 0.717) is 10.2 Å². The molecule has 3 heterocycles. The minimum Gasteiger partial charge on any atom is -0.454 e. The fourth-order valence-electron chi connectivity index (χ4n) is 2.10. The number of carbonyl (C=O) groups is 2. The minimum atomic E-state index is -0.672. The lowest BCUT2D eigenvalue weighted by Crippen LogP contribution is -2.29. The fraction of sp³-hybridized carbons (Fsp3) is 0.200. The molecule has 0 atom stereocenters. The molecule has 0 unspecified atom stereocenters. The second kappa shape index (κ2) is 6.93. The van der Waals surface area contributed by atoms with Crippen molar-refractivity contribution in [2.45, 2.75) is 6.54 Å². The zero-order valence-electron chi connectivity index (χ0n) is 12.6. The predicted molar refractivity (Wildman–Crippen MR) is 92.2 cm³/mol. The van der Waals surface area contributed by atoms with Crippen molar-refractivity contribution in [1.82, 2.24) is 14.9 Å². The Morgan fingerprint density at radius 2 is 2.21 bits per heavy atom. The Kier molecular flexibility index (Phi) is 4.72. The van der Waals surface area contributed by atoms with Crippen LogP contribution in [0.1, 0.15) is 0 Å². The molecule has 0 radical (unpaired) electrons. The molecule has 0 aliphatic rings. The van der Waals surface area contributed by atoms with E-state index in [2.05, 4.69) is 10.3 Å². The molecule has 7 nitrogen and oxygen atoms in total. The van der Waals surface area contributed by atoms with Crippen LogP contribution < -0.4 is 10.9 Å². The predicted octanol–water partition coefficient (Wildman–Crippen LogP) is 1.48. The molecule has 24 heavy (non-hydrogen) atoms. The lowest BCUT2D eigenvalue weighted by atomic mass is 10.2. The highest BCUT2D eigenvalue weighted by Crippen LogP contribution is 2.33. The monoisotopic (exact) mass is 363 g/mol. The summed E-state index contributed by atoms with van der Waals surface area (Å²) in [5.41, 5.74) is 0.511. The molecule has 0 spiro atoms. The molecule has 124 valence electrons. The van der Waals surface area contributed by atoms with Crippen LogP contribution in [-0.4, -0.2) is 35.1 Å². The normalized spacial score (nSPS) is 10.7. The van der Waals surface area contributed by atoms with Gasteiger partial charge < -0.3 is 10.1 Å². The molecule has 0 aliphatic heterocycles. The van der Waals surface area contributed by atoms with Gasteiger partial charge in [-0.1, -0.05) is 6.07 Å². The third kappa shape index (κ3) is 3.22. The molecule has 0 saturated heterocycles. The number of ether oxygens (including phenoxy) is 1. The Labute approximate surface area is 144 Å². The third-order valence-electron chi connectivity index (χ3n) is 3.29. The van der Waals surface area contributed by atoms with Gasteiger partial charge >= 0.3 is 5.97 Å². The van der Waals surface area contributed by atoms with Gasteiger partial charge in [0, 0.05) is 22.9 Å². The van der Waals surface area contributed by atoms with Crippen LogP contribution in [0.15, 0.2) is 34.0 Å². The Bertz CT molecular complexity index is 943. The molecule has 0 aromatic carbocycles. The quantitative estimate of drug-likeness (QED) is 0.694. The van der Waals surface area contributed by atoms with Crippen molar-refractivity contribution in [1.29, 1.82) is 0 Å². The van der Waals surface area contributed by atoms with E-state index in [9.17, 15) is 14.4 Å². The largest absolute Gasteiger partial charge is 0.454 e. The van der Waals surface area contributed by atoms with Gasteiger partial charge in [0.25, 0.3) is 11.5 Å². The van der Waals surface area contributed by atoms with Crippen LogP contribution >= 0.6 is 22.7 Å². The zero-order valence-corrected chi connectivity index (χ0v) is 14.3. The van der Waals surface area contributed by atoms with Crippen LogP contribution in [0.5, 0.6) is 0 Å². The van der Waals surface area contributed by atoms with Crippen LogP contribution in [-0.2, 0) is 20.9 Å². The highest BCUT2D eigenvalue weighted by molar-refractivity contribution is 7.18. The van der Waals surface area contributed by atoms with Gasteiger partial charge in [-0.05, 0) is 11.4 Å². The molecule has 9 heteroatoms. The number of fused-ring (bicyclic) bond motifs is 1. The van der Waals surface area contributed by atoms with Crippen molar-refractivity contribution in [3.63, 3.8) is 0 Å². The number of rotatable bonds is 5.